The fourth-order valence-corrected chi connectivity index (χ4v) is 1.38. The van der Waals surface area contributed by atoms with E-state index >= 15 is 0 Å². The summed E-state index contributed by atoms with van der Waals surface area (Å²) in [5, 5.41) is 8.62. The monoisotopic (exact) mass is 166 g/mol. The second-order valence-electron chi connectivity index (χ2n) is 3.07. The molecule has 1 amide bonds. The Morgan fingerprint density at radius 1 is 1.83 bits per heavy atom. The number of likely N-dealkylation sites (tertiary alicyclic amines) is 1. The van der Waals surface area contributed by atoms with Crippen LogP contribution in [0, 0.1) is 17.2 Å². The first-order valence-corrected chi connectivity index (χ1v) is 3.89. The first-order valence-electron chi connectivity index (χ1n) is 3.89. The zero-order chi connectivity index (χ0) is 9.14. The second-order valence-corrected chi connectivity index (χ2v) is 3.07. The largest absolute Gasteiger partial charge is 0.368 e. The third kappa shape index (κ3) is 1.74. The first-order chi connectivity index (χ1) is 5.65. The molecule has 4 heteroatoms. The van der Waals surface area contributed by atoms with E-state index in [0.29, 0.717) is 6.42 Å². The molecule has 1 aliphatic heterocycles. The molecule has 0 aromatic heterocycles. The molecule has 0 aliphatic carbocycles. The summed E-state index contributed by atoms with van der Waals surface area (Å²) in [6.07, 6.45) is 1.26. The van der Waals surface area contributed by atoms with Gasteiger partial charge in [0.1, 0.15) is 0 Å². The van der Waals surface area contributed by atoms with E-state index < -0.39 is 0 Å². The van der Waals surface area contributed by atoms with Crippen molar-refractivity contribution < 1.29 is 4.79 Å². The molecule has 0 aromatic rings. The molecule has 1 rings (SSSR count). The van der Waals surface area contributed by atoms with Crippen LogP contribution in [-0.2, 0) is 4.79 Å². The van der Waals surface area contributed by atoms with Gasteiger partial charge in [-0.15, -0.1) is 0 Å². The highest BCUT2D eigenvalue weighted by Gasteiger charge is 2.29. The normalized spacial score (nSPS) is 26.5. The Balaban J connectivity index is 2.60. The molecular weight excluding hydrogens is 154 g/mol. The van der Waals surface area contributed by atoms with E-state index in [9.17, 15) is 4.79 Å². The molecule has 1 heterocycles. The summed E-state index contributed by atoms with van der Waals surface area (Å²) in [6, 6.07) is 1.81. The fourth-order valence-electron chi connectivity index (χ4n) is 1.38. The number of likely N-dealkylation sites (N-methyl/N-ethyl adjacent to an activating group) is 1. The first kappa shape index (κ1) is 9.01. The smallest absolute Gasteiger partial charge is 0.234 e. The van der Waals surface area contributed by atoms with Crippen LogP contribution in [0.5, 0.6) is 0 Å². The summed E-state index contributed by atoms with van der Waals surface area (Å²) >= 11 is 0. The van der Waals surface area contributed by atoms with Crippen molar-refractivity contribution in [1.29, 1.82) is 5.26 Å². The third-order valence-corrected chi connectivity index (χ3v) is 2.22. The predicted molar refractivity (Wildman–Crippen MR) is 43.7 cm³/mol. The maximum absolute atomic E-state index is 10.9. The highest BCUT2D eigenvalue weighted by molar-refractivity contribution is 5.80. The van der Waals surface area contributed by atoms with Gasteiger partial charge in [-0.2, -0.15) is 5.26 Å². The molecule has 1 aliphatic rings. The Bertz CT molecular complexity index is 221. The van der Waals surface area contributed by atoms with Crippen molar-refractivity contribution in [3.8, 4) is 6.07 Å². The lowest BCUT2D eigenvalue weighted by molar-refractivity contribution is -0.123. The van der Waals surface area contributed by atoms with Crippen LogP contribution in [0.2, 0.25) is 0 Å². The number of hydrogen-bond donors (Lipinski definition) is 1. The highest BCUT2D eigenvalue weighted by Crippen LogP contribution is 2.22. The lowest BCUT2D eigenvalue weighted by atomic mass is 9.92. The minimum Gasteiger partial charge on any atom is -0.368 e. The second kappa shape index (κ2) is 3.55. The molecule has 1 unspecified atom stereocenters. The number of nitriles is 1. The van der Waals surface area contributed by atoms with Crippen LogP contribution in [-0.4, -0.2) is 30.4 Å². The van der Waals surface area contributed by atoms with Gasteiger partial charge in [0, 0.05) is 6.54 Å². The van der Waals surface area contributed by atoms with Gasteiger partial charge in [-0.3, -0.25) is 9.69 Å². The molecule has 4 nitrogen and oxygen atoms in total. The summed E-state index contributed by atoms with van der Waals surface area (Å²) in [5.74, 6) is 0.432. The summed E-state index contributed by atoms with van der Waals surface area (Å²) in [4.78, 5) is 12.8. The zero-order valence-electron chi connectivity index (χ0n) is 7.08. The van der Waals surface area contributed by atoms with Crippen molar-refractivity contribution in [3.05, 3.63) is 5.92 Å². The van der Waals surface area contributed by atoms with Crippen LogP contribution in [0.1, 0.15) is 12.8 Å². The number of nitrogens with zero attached hydrogens (tertiary/aromatic N) is 2. The number of amides is 1. The average Bonchev–Trinajstić information content (AvgIpc) is 2.05. The Labute approximate surface area is 71.9 Å². The highest BCUT2D eigenvalue weighted by atomic mass is 16.1. The molecule has 12 heavy (non-hydrogen) atoms. The number of rotatable bonds is 1. The van der Waals surface area contributed by atoms with Gasteiger partial charge in [0.2, 0.25) is 5.91 Å². The van der Waals surface area contributed by atoms with Crippen LogP contribution < -0.4 is 5.73 Å². The number of nitrogens with two attached hydrogens (primary N) is 1. The number of piperidine rings is 1. The van der Waals surface area contributed by atoms with Crippen molar-refractivity contribution in [2.24, 2.45) is 5.73 Å². The van der Waals surface area contributed by atoms with E-state index in [4.69, 9.17) is 11.0 Å². The van der Waals surface area contributed by atoms with Crippen molar-refractivity contribution in [1.82, 2.24) is 4.90 Å². The maximum atomic E-state index is 10.9. The van der Waals surface area contributed by atoms with Crippen molar-refractivity contribution in [2.75, 3.05) is 13.6 Å². The molecule has 65 valence electrons. The van der Waals surface area contributed by atoms with Crippen molar-refractivity contribution in [2.45, 2.75) is 18.9 Å². The van der Waals surface area contributed by atoms with Gasteiger partial charge in [0.15, 0.2) is 0 Å². The molecule has 1 atom stereocenters. The summed E-state index contributed by atoms with van der Waals surface area (Å²) < 4.78 is 0. The zero-order valence-corrected chi connectivity index (χ0v) is 7.08. The number of carbonyl (C=O) groups is 1. The van der Waals surface area contributed by atoms with Gasteiger partial charge in [0.25, 0.3) is 0 Å². The summed E-state index contributed by atoms with van der Waals surface area (Å²) in [6.45, 7) is 0.747. The molecule has 1 radical (unpaired) electrons. The maximum Gasteiger partial charge on any atom is 0.234 e. The molecule has 0 aromatic carbocycles. The van der Waals surface area contributed by atoms with E-state index in [1.54, 1.807) is 0 Å². The third-order valence-electron chi connectivity index (χ3n) is 2.22. The van der Waals surface area contributed by atoms with Gasteiger partial charge >= 0.3 is 0 Å². The quantitative estimate of drug-likeness (QED) is 0.579. The molecule has 1 fully saturated rings. The topological polar surface area (TPSA) is 70.1 Å². The van der Waals surface area contributed by atoms with Gasteiger partial charge in [-0.05, 0) is 19.9 Å². The van der Waals surface area contributed by atoms with Crippen LogP contribution in [0.15, 0.2) is 0 Å². The molecule has 0 saturated carbocycles. The number of hydrogen-bond acceptors (Lipinski definition) is 3. The van der Waals surface area contributed by atoms with Gasteiger partial charge in [-0.25, -0.2) is 0 Å². The standard InChI is InChI=1S/C8H12N3O/c1-11-3-2-6(5-9)4-7(11)8(10)12/h7H,2-4H2,1H3,(H2,10,12). The van der Waals surface area contributed by atoms with Gasteiger partial charge in [0.05, 0.1) is 18.0 Å². The Hall–Kier alpha value is -1.08. The van der Waals surface area contributed by atoms with Crippen molar-refractivity contribution in [3.63, 3.8) is 0 Å². The van der Waals surface area contributed by atoms with E-state index in [-0.39, 0.29) is 11.9 Å². The Morgan fingerprint density at radius 2 is 2.50 bits per heavy atom. The molecule has 0 spiro atoms. The van der Waals surface area contributed by atoms with E-state index in [1.165, 1.54) is 0 Å². The van der Waals surface area contributed by atoms with Crippen LogP contribution in [0.4, 0.5) is 0 Å². The molecular formula is C8H12N3O. The van der Waals surface area contributed by atoms with E-state index in [1.807, 2.05) is 11.9 Å². The average molecular weight is 166 g/mol. The number of primary amides is 1. The lowest BCUT2D eigenvalue weighted by Gasteiger charge is -2.31. The van der Waals surface area contributed by atoms with Crippen LogP contribution in [0.25, 0.3) is 0 Å². The van der Waals surface area contributed by atoms with E-state index in [2.05, 4.69) is 6.07 Å². The minimum atomic E-state index is -0.343. The number of carbonyl (C=O) groups excluding carboxylic acids is 1. The SMILES string of the molecule is CN1CC[C](C#N)CC1C(N)=O. The lowest BCUT2D eigenvalue weighted by Crippen LogP contribution is -2.47. The summed E-state index contributed by atoms with van der Waals surface area (Å²) in [5.41, 5.74) is 5.17. The Morgan fingerprint density at radius 3 is 3.00 bits per heavy atom. The predicted octanol–water partition coefficient (Wildman–Crippen LogP) is -0.336. The summed E-state index contributed by atoms with van der Waals surface area (Å²) in [7, 11) is 1.85. The van der Waals surface area contributed by atoms with E-state index in [0.717, 1.165) is 18.9 Å². The minimum absolute atomic E-state index is 0.284. The van der Waals surface area contributed by atoms with Gasteiger partial charge in [-0.1, -0.05) is 0 Å². The van der Waals surface area contributed by atoms with Crippen LogP contribution >= 0.6 is 0 Å². The van der Waals surface area contributed by atoms with Crippen LogP contribution in [0.3, 0.4) is 0 Å². The van der Waals surface area contributed by atoms with Gasteiger partial charge < -0.3 is 5.73 Å². The fraction of sp³-hybridized carbons (Fsp3) is 0.625. The molecule has 1 saturated heterocycles. The molecule has 0 bridgehead atoms. The van der Waals surface area contributed by atoms with Crippen molar-refractivity contribution >= 4 is 5.91 Å². The molecule has 2 N–H and O–H groups in total. The Kier molecular flexibility index (Phi) is 2.66.